The van der Waals surface area contributed by atoms with Crippen molar-refractivity contribution in [1.29, 1.82) is 5.26 Å². The number of nitrogens with zero attached hydrogens (tertiary/aromatic N) is 2. The van der Waals surface area contributed by atoms with E-state index in [9.17, 15) is 9.59 Å². The third-order valence-corrected chi connectivity index (χ3v) is 4.10. The lowest BCUT2D eigenvalue weighted by atomic mass is 10.0. The van der Waals surface area contributed by atoms with Gasteiger partial charge in [0.25, 0.3) is 5.91 Å². The molecule has 26 heavy (non-hydrogen) atoms. The van der Waals surface area contributed by atoms with Gasteiger partial charge in [-0.05, 0) is 23.8 Å². The molecular weight excluding hydrogens is 332 g/mol. The summed E-state index contributed by atoms with van der Waals surface area (Å²) in [6.45, 7) is 0.576. The van der Waals surface area contributed by atoms with E-state index in [2.05, 4.69) is 15.3 Å². The van der Waals surface area contributed by atoms with E-state index in [1.807, 2.05) is 18.2 Å². The molecule has 0 aliphatic carbocycles. The maximum Gasteiger partial charge on any atom is 0.272 e. The van der Waals surface area contributed by atoms with Crippen molar-refractivity contribution < 1.29 is 9.21 Å². The van der Waals surface area contributed by atoms with Crippen LogP contribution in [0.25, 0.3) is 0 Å². The van der Waals surface area contributed by atoms with Crippen molar-refractivity contribution in [1.82, 2.24) is 4.98 Å². The van der Waals surface area contributed by atoms with Crippen LogP contribution in [0.4, 0.5) is 5.69 Å². The molecule has 1 aliphatic heterocycles. The number of carbonyl (C=O) groups is 1. The van der Waals surface area contributed by atoms with Crippen LogP contribution in [0.2, 0.25) is 0 Å². The number of aromatic amines is 1. The summed E-state index contributed by atoms with van der Waals surface area (Å²) in [5, 5.41) is 11.5. The maximum absolute atomic E-state index is 12.4. The number of hydrogen-bond donors (Lipinski definition) is 2. The highest BCUT2D eigenvalue weighted by atomic mass is 16.3. The zero-order valence-electron chi connectivity index (χ0n) is 13.4. The molecule has 0 bridgehead atoms. The number of benzene rings is 1. The number of nitrogens with one attached hydrogen (secondary N) is 2. The Morgan fingerprint density at radius 1 is 1.31 bits per heavy atom. The van der Waals surface area contributed by atoms with Crippen molar-refractivity contribution in [2.24, 2.45) is 4.99 Å². The summed E-state index contributed by atoms with van der Waals surface area (Å²) in [6, 6.07) is 10.2. The maximum atomic E-state index is 12.4. The number of aliphatic imine (C=N–C) groups is 1. The first-order valence-corrected chi connectivity index (χ1v) is 7.80. The van der Waals surface area contributed by atoms with E-state index >= 15 is 0 Å². The van der Waals surface area contributed by atoms with Crippen molar-refractivity contribution in [3.63, 3.8) is 0 Å². The predicted octanol–water partition coefficient (Wildman–Crippen LogP) is 2.44. The summed E-state index contributed by atoms with van der Waals surface area (Å²) >= 11 is 0. The van der Waals surface area contributed by atoms with Gasteiger partial charge < -0.3 is 14.7 Å². The molecule has 1 amide bonds. The molecule has 0 unspecified atom stereocenters. The van der Waals surface area contributed by atoms with Crippen molar-refractivity contribution in [2.75, 3.05) is 5.32 Å². The normalized spacial score (nSPS) is 12.2. The first-order valence-electron chi connectivity index (χ1n) is 7.80. The minimum atomic E-state index is -0.500. The molecule has 0 spiro atoms. The van der Waals surface area contributed by atoms with Gasteiger partial charge in [-0.2, -0.15) is 5.26 Å². The summed E-state index contributed by atoms with van der Waals surface area (Å²) in [5.74, 6) is -0.466. The number of H-pyrrole nitrogens is 1. The number of rotatable bonds is 3. The Hall–Kier alpha value is -3.92. The molecule has 4 rings (SSSR count). The largest absolute Gasteiger partial charge is 0.472 e. The van der Waals surface area contributed by atoms with E-state index in [4.69, 9.17) is 9.68 Å². The summed E-state index contributed by atoms with van der Waals surface area (Å²) in [5.41, 5.74) is 3.80. The lowest BCUT2D eigenvalue weighted by molar-refractivity contribution is 0.102. The van der Waals surface area contributed by atoms with Gasteiger partial charge in [0.2, 0.25) is 0 Å². The number of furan rings is 1. The van der Waals surface area contributed by atoms with Crippen LogP contribution in [0, 0.1) is 11.3 Å². The summed E-state index contributed by atoms with van der Waals surface area (Å²) < 4.78 is 5.12. The molecule has 0 radical (unpaired) electrons. The second-order valence-corrected chi connectivity index (χ2v) is 5.74. The topological polar surface area (TPSA) is 111 Å². The Morgan fingerprint density at radius 2 is 2.19 bits per heavy atom. The number of hydrogen-bond acceptors (Lipinski definition) is 5. The molecule has 126 valence electrons. The van der Waals surface area contributed by atoms with Gasteiger partial charge in [0.1, 0.15) is 17.3 Å². The van der Waals surface area contributed by atoms with Crippen molar-refractivity contribution >= 4 is 17.3 Å². The van der Waals surface area contributed by atoms with Crippen LogP contribution in [0.3, 0.4) is 0 Å². The summed E-state index contributed by atoms with van der Waals surface area (Å²) in [7, 11) is 0. The summed E-state index contributed by atoms with van der Waals surface area (Å²) in [4.78, 5) is 31.3. The van der Waals surface area contributed by atoms with E-state index in [-0.39, 0.29) is 11.3 Å². The average Bonchev–Trinajstić information content (AvgIpc) is 3.30. The van der Waals surface area contributed by atoms with Crippen LogP contribution in [0.15, 0.2) is 63.3 Å². The number of pyridine rings is 1. The average molecular weight is 344 g/mol. The van der Waals surface area contributed by atoms with E-state index in [0.717, 1.165) is 28.5 Å². The molecule has 0 saturated carbocycles. The third-order valence-electron chi connectivity index (χ3n) is 4.10. The molecular formula is C19H12N4O3. The van der Waals surface area contributed by atoms with Gasteiger partial charge in [-0.15, -0.1) is 0 Å². The zero-order chi connectivity index (χ0) is 18.1. The van der Waals surface area contributed by atoms with Gasteiger partial charge >= 0.3 is 0 Å². The molecule has 3 heterocycles. The Balaban J connectivity index is 1.60. The first kappa shape index (κ1) is 15.6. The molecule has 0 atom stereocenters. The van der Waals surface area contributed by atoms with Crippen LogP contribution in [0.5, 0.6) is 0 Å². The lowest BCUT2D eigenvalue weighted by Crippen LogP contribution is -2.18. The van der Waals surface area contributed by atoms with E-state index in [0.29, 0.717) is 12.2 Å². The van der Waals surface area contributed by atoms with Crippen LogP contribution < -0.4 is 10.7 Å². The third kappa shape index (κ3) is 2.70. The highest BCUT2D eigenvalue weighted by Gasteiger charge is 2.19. The first-order chi connectivity index (χ1) is 12.7. The van der Waals surface area contributed by atoms with E-state index in [1.165, 1.54) is 6.20 Å². The molecule has 1 aliphatic rings. The Morgan fingerprint density at radius 3 is 2.92 bits per heavy atom. The van der Waals surface area contributed by atoms with Gasteiger partial charge in [-0.3, -0.25) is 14.6 Å². The highest BCUT2D eigenvalue weighted by molar-refractivity contribution is 6.15. The molecule has 0 saturated heterocycles. The van der Waals surface area contributed by atoms with E-state index in [1.54, 1.807) is 24.7 Å². The van der Waals surface area contributed by atoms with Crippen LogP contribution in [0.1, 0.15) is 32.7 Å². The number of carbonyl (C=O) groups excluding carboxylic acids is 1. The SMILES string of the molecule is N#Cc1c[nH]c(C(=O)Nc2ccc3c(c2)C(c2ccoc2)=NC3)cc1=O. The van der Waals surface area contributed by atoms with Crippen molar-refractivity contribution in [2.45, 2.75) is 6.54 Å². The Bertz CT molecular complexity index is 1130. The molecule has 2 N–H and O–H groups in total. The molecule has 0 fully saturated rings. The van der Waals surface area contributed by atoms with Crippen molar-refractivity contribution in [3.8, 4) is 6.07 Å². The minimum absolute atomic E-state index is 0.0416. The standard InChI is InChI=1S/C19H12N4O3/c20-7-13-9-21-16(6-17(13)24)19(25)23-14-2-1-11-8-22-18(15(11)5-14)12-3-4-26-10-12/h1-6,9-10H,8H2,(H,21,24)(H,23,25). The minimum Gasteiger partial charge on any atom is -0.472 e. The molecule has 7 nitrogen and oxygen atoms in total. The fraction of sp³-hybridized carbons (Fsp3) is 0.0526. The quantitative estimate of drug-likeness (QED) is 0.760. The monoisotopic (exact) mass is 344 g/mol. The predicted molar refractivity (Wildman–Crippen MR) is 94.2 cm³/mol. The smallest absolute Gasteiger partial charge is 0.272 e. The molecule has 3 aromatic rings. The second kappa shape index (κ2) is 6.18. The number of anilines is 1. The van der Waals surface area contributed by atoms with Crippen LogP contribution >= 0.6 is 0 Å². The summed E-state index contributed by atoms with van der Waals surface area (Å²) in [6.07, 6.45) is 4.44. The van der Waals surface area contributed by atoms with Gasteiger partial charge in [-0.25, -0.2) is 0 Å². The number of amides is 1. The fourth-order valence-corrected chi connectivity index (χ4v) is 2.80. The van der Waals surface area contributed by atoms with Crippen molar-refractivity contribution in [3.05, 3.63) is 87.2 Å². The number of fused-ring (bicyclic) bond motifs is 1. The van der Waals surface area contributed by atoms with Crippen LogP contribution in [-0.4, -0.2) is 16.6 Å². The lowest BCUT2D eigenvalue weighted by Gasteiger charge is -2.08. The number of nitriles is 1. The molecule has 7 heteroatoms. The fourth-order valence-electron chi connectivity index (χ4n) is 2.80. The van der Waals surface area contributed by atoms with Gasteiger partial charge in [-0.1, -0.05) is 6.07 Å². The zero-order valence-corrected chi connectivity index (χ0v) is 13.4. The Labute approximate surface area is 147 Å². The number of aromatic nitrogens is 1. The highest BCUT2D eigenvalue weighted by Crippen LogP contribution is 2.26. The van der Waals surface area contributed by atoms with E-state index < -0.39 is 11.3 Å². The molecule has 1 aromatic carbocycles. The second-order valence-electron chi connectivity index (χ2n) is 5.74. The van der Waals surface area contributed by atoms with Crippen LogP contribution in [-0.2, 0) is 6.54 Å². The van der Waals surface area contributed by atoms with Gasteiger partial charge in [0.15, 0.2) is 5.43 Å². The molecule has 2 aromatic heterocycles. The van der Waals surface area contributed by atoms with Gasteiger partial charge in [0.05, 0.1) is 24.8 Å². The Kier molecular flexibility index (Phi) is 3.71. The van der Waals surface area contributed by atoms with Gasteiger partial charge in [0, 0.05) is 29.1 Å².